The molecular formula is C6H10F3NO4. The van der Waals surface area contributed by atoms with Gasteiger partial charge in [0.15, 0.2) is 0 Å². The van der Waals surface area contributed by atoms with Crippen LogP contribution in [0.25, 0.3) is 0 Å². The summed E-state index contributed by atoms with van der Waals surface area (Å²) in [5.41, 5.74) is 4.84. The van der Waals surface area contributed by atoms with Crippen molar-refractivity contribution in [3.05, 3.63) is 0 Å². The van der Waals surface area contributed by atoms with Crippen LogP contribution in [0.2, 0.25) is 0 Å². The molecule has 0 aromatic carbocycles. The number of halogens is 3. The van der Waals surface area contributed by atoms with Gasteiger partial charge in [-0.05, 0) is 6.92 Å². The Morgan fingerprint density at radius 1 is 1.43 bits per heavy atom. The third kappa shape index (κ3) is 17.0. The van der Waals surface area contributed by atoms with Crippen molar-refractivity contribution in [1.82, 2.24) is 0 Å². The summed E-state index contributed by atoms with van der Waals surface area (Å²) in [5, 5.41) is 7.87. The lowest BCUT2D eigenvalue weighted by Gasteiger charge is -2.02. The minimum atomic E-state index is -4.83. The van der Waals surface area contributed by atoms with E-state index in [9.17, 15) is 22.8 Å². The standard InChI is InChI=1S/C3H3F3O2.C3H7NO2/c1-2(7)8-3(4,5)6;1-2(4)3(5)6/h1H3;2H,4H2,1H3,(H,5,6). The second-order valence-corrected chi connectivity index (χ2v) is 2.17. The van der Waals surface area contributed by atoms with Crippen LogP contribution >= 0.6 is 0 Å². The second kappa shape index (κ2) is 6.19. The number of carbonyl (C=O) groups is 2. The van der Waals surface area contributed by atoms with Gasteiger partial charge in [0.1, 0.15) is 6.04 Å². The Balaban J connectivity index is 0. The molecule has 0 aliphatic rings. The SMILES string of the molecule is CC(=O)OC(F)(F)F.CC(N)C(=O)O. The molecule has 0 heterocycles. The highest BCUT2D eigenvalue weighted by Gasteiger charge is 2.32. The number of rotatable bonds is 1. The molecule has 8 heteroatoms. The number of ether oxygens (including phenoxy) is 1. The molecular weight excluding hydrogens is 207 g/mol. The van der Waals surface area contributed by atoms with Gasteiger partial charge < -0.3 is 15.6 Å². The number of hydrogen-bond donors (Lipinski definition) is 2. The molecule has 84 valence electrons. The van der Waals surface area contributed by atoms with Crippen LogP contribution in [0, 0.1) is 0 Å². The maximum absolute atomic E-state index is 10.9. The lowest BCUT2D eigenvalue weighted by molar-refractivity contribution is -0.304. The van der Waals surface area contributed by atoms with Crippen molar-refractivity contribution in [3.63, 3.8) is 0 Å². The summed E-state index contributed by atoms with van der Waals surface area (Å²) in [6.45, 7) is 2.11. The molecule has 0 aliphatic heterocycles. The van der Waals surface area contributed by atoms with E-state index in [1.165, 1.54) is 6.92 Å². The van der Waals surface area contributed by atoms with Crippen molar-refractivity contribution in [3.8, 4) is 0 Å². The third-order valence-electron chi connectivity index (χ3n) is 0.649. The van der Waals surface area contributed by atoms with Crippen molar-refractivity contribution in [2.24, 2.45) is 5.73 Å². The molecule has 0 fully saturated rings. The van der Waals surface area contributed by atoms with Crippen LogP contribution in [-0.2, 0) is 14.3 Å². The Labute approximate surface area is 77.6 Å². The molecule has 1 atom stereocenters. The molecule has 0 rings (SSSR count). The number of alkyl halides is 3. The van der Waals surface area contributed by atoms with Crippen LogP contribution in [0.3, 0.4) is 0 Å². The maximum atomic E-state index is 10.9. The van der Waals surface area contributed by atoms with E-state index >= 15 is 0 Å². The van der Waals surface area contributed by atoms with Crippen molar-refractivity contribution in [2.45, 2.75) is 26.3 Å². The predicted octanol–water partition coefficient (Wildman–Crippen LogP) is 0.488. The highest BCUT2D eigenvalue weighted by molar-refractivity contribution is 5.72. The van der Waals surface area contributed by atoms with Crippen LogP contribution in [0.5, 0.6) is 0 Å². The van der Waals surface area contributed by atoms with Crippen molar-refractivity contribution in [1.29, 1.82) is 0 Å². The van der Waals surface area contributed by atoms with Gasteiger partial charge in [0.25, 0.3) is 0 Å². The Hall–Kier alpha value is -1.31. The van der Waals surface area contributed by atoms with Gasteiger partial charge in [-0.3, -0.25) is 9.59 Å². The number of nitrogens with two attached hydrogens (primary N) is 1. The van der Waals surface area contributed by atoms with Crippen LogP contribution < -0.4 is 5.73 Å². The van der Waals surface area contributed by atoms with Gasteiger partial charge in [-0.2, -0.15) is 0 Å². The topological polar surface area (TPSA) is 89.6 Å². The number of carboxylic acid groups (broad SMARTS) is 1. The van der Waals surface area contributed by atoms with Gasteiger partial charge in [-0.1, -0.05) is 0 Å². The zero-order valence-corrected chi connectivity index (χ0v) is 7.46. The lowest BCUT2D eigenvalue weighted by atomic mass is 10.4. The van der Waals surface area contributed by atoms with Gasteiger partial charge in [0.05, 0.1) is 0 Å². The first kappa shape index (κ1) is 15.2. The van der Waals surface area contributed by atoms with Gasteiger partial charge >= 0.3 is 18.3 Å². The normalized spacial score (nSPS) is 12.1. The smallest absolute Gasteiger partial charge is 0.480 e. The minimum absolute atomic E-state index is 0.688. The molecule has 3 N–H and O–H groups in total. The van der Waals surface area contributed by atoms with E-state index in [-0.39, 0.29) is 0 Å². The largest absolute Gasteiger partial charge is 0.575 e. The van der Waals surface area contributed by atoms with E-state index in [1.54, 1.807) is 0 Å². The van der Waals surface area contributed by atoms with Gasteiger partial charge in [0, 0.05) is 6.92 Å². The molecule has 5 nitrogen and oxygen atoms in total. The predicted molar refractivity (Wildman–Crippen MR) is 39.1 cm³/mol. The van der Waals surface area contributed by atoms with Crippen molar-refractivity contribution in [2.75, 3.05) is 0 Å². The molecule has 0 spiro atoms. The fourth-order valence-corrected chi connectivity index (χ4v) is 0.163. The van der Waals surface area contributed by atoms with Crippen molar-refractivity contribution >= 4 is 11.9 Å². The minimum Gasteiger partial charge on any atom is -0.480 e. The summed E-state index contributed by atoms with van der Waals surface area (Å²) in [5.74, 6) is -2.31. The fraction of sp³-hybridized carbons (Fsp3) is 0.667. The summed E-state index contributed by atoms with van der Waals surface area (Å²) in [6.07, 6.45) is -4.83. The first-order chi connectivity index (χ1) is 6.06. The molecule has 14 heavy (non-hydrogen) atoms. The zero-order valence-electron chi connectivity index (χ0n) is 7.46. The van der Waals surface area contributed by atoms with Crippen molar-refractivity contribution < 1.29 is 32.6 Å². The molecule has 0 amide bonds. The van der Waals surface area contributed by atoms with E-state index in [2.05, 4.69) is 4.74 Å². The van der Waals surface area contributed by atoms with Gasteiger partial charge in [-0.25, -0.2) is 0 Å². The average molecular weight is 217 g/mol. The molecule has 0 aromatic rings. The van der Waals surface area contributed by atoms with Crippen LogP contribution in [0.15, 0.2) is 0 Å². The fourth-order valence-electron chi connectivity index (χ4n) is 0.163. The van der Waals surface area contributed by atoms with E-state index < -0.39 is 24.3 Å². The number of carboxylic acids is 1. The number of aliphatic carboxylic acids is 1. The summed E-state index contributed by atoms with van der Waals surface area (Å²) < 4.78 is 35.4. The first-order valence-electron chi connectivity index (χ1n) is 3.31. The molecule has 0 radical (unpaired) electrons. The van der Waals surface area contributed by atoms with E-state index in [1.807, 2.05) is 0 Å². The molecule has 1 unspecified atom stereocenters. The average Bonchev–Trinajstić information content (AvgIpc) is 1.81. The lowest BCUT2D eigenvalue weighted by Crippen LogP contribution is -2.25. The molecule has 0 saturated carbocycles. The molecule has 0 aromatic heterocycles. The highest BCUT2D eigenvalue weighted by Crippen LogP contribution is 2.15. The quantitative estimate of drug-likeness (QED) is 0.624. The van der Waals surface area contributed by atoms with Crippen LogP contribution in [0.1, 0.15) is 13.8 Å². The highest BCUT2D eigenvalue weighted by atomic mass is 19.4. The monoisotopic (exact) mass is 217 g/mol. The van der Waals surface area contributed by atoms with Crippen LogP contribution in [0.4, 0.5) is 13.2 Å². The first-order valence-corrected chi connectivity index (χ1v) is 3.31. The Morgan fingerprint density at radius 2 is 1.71 bits per heavy atom. The Kier molecular flexibility index (Phi) is 6.71. The Morgan fingerprint density at radius 3 is 1.71 bits per heavy atom. The molecule has 0 aliphatic carbocycles. The second-order valence-electron chi connectivity index (χ2n) is 2.17. The number of carbonyl (C=O) groups excluding carboxylic acids is 1. The third-order valence-corrected chi connectivity index (χ3v) is 0.649. The molecule has 0 bridgehead atoms. The van der Waals surface area contributed by atoms with Crippen LogP contribution in [-0.4, -0.2) is 29.4 Å². The van der Waals surface area contributed by atoms with Gasteiger partial charge in [0.2, 0.25) is 0 Å². The summed E-state index contributed by atoms with van der Waals surface area (Å²) in [4.78, 5) is 19.1. The summed E-state index contributed by atoms with van der Waals surface area (Å²) in [7, 11) is 0. The number of esters is 1. The summed E-state index contributed by atoms with van der Waals surface area (Å²) in [6, 6.07) is -0.731. The van der Waals surface area contributed by atoms with E-state index in [0.29, 0.717) is 6.92 Å². The number of hydrogen-bond acceptors (Lipinski definition) is 4. The van der Waals surface area contributed by atoms with Gasteiger partial charge in [-0.15, -0.1) is 13.2 Å². The maximum Gasteiger partial charge on any atom is 0.575 e. The Bertz CT molecular complexity index is 202. The summed E-state index contributed by atoms with van der Waals surface area (Å²) >= 11 is 0. The van der Waals surface area contributed by atoms with E-state index in [4.69, 9.17) is 10.8 Å². The van der Waals surface area contributed by atoms with E-state index in [0.717, 1.165) is 0 Å². The zero-order chi connectivity index (χ0) is 11.9. The molecule has 0 saturated heterocycles.